The van der Waals surface area contributed by atoms with Crippen molar-refractivity contribution in [2.75, 3.05) is 0 Å². The van der Waals surface area contributed by atoms with Gasteiger partial charge in [0.2, 0.25) is 0 Å². The Morgan fingerprint density at radius 1 is 0.750 bits per heavy atom. The lowest BCUT2D eigenvalue weighted by Gasteiger charge is -2.25. The van der Waals surface area contributed by atoms with Crippen LogP contribution < -0.4 is 5.32 Å². The first kappa shape index (κ1) is 16.7. The summed E-state index contributed by atoms with van der Waals surface area (Å²) in [6.07, 6.45) is -0.643. The highest BCUT2D eigenvalue weighted by atomic mass is 35.5. The van der Waals surface area contributed by atoms with Crippen LogP contribution in [-0.4, -0.2) is 5.11 Å². The topological polar surface area (TPSA) is 32.3 Å². The smallest absolute Gasteiger partial charge is 0.0984 e. The van der Waals surface area contributed by atoms with Gasteiger partial charge in [0.05, 0.1) is 12.1 Å². The van der Waals surface area contributed by atoms with Crippen LogP contribution in [-0.2, 0) is 6.54 Å². The molecule has 0 fully saturated rings. The predicted molar refractivity (Wildman–Crippen MR) is 98.9 cm³/mol. The van der Waals surface area contributed by atoms with Crippen LogP contribution in [0.2, 0.25) is 5.02 Å². The zero-order valence-electron chi connectivity index (χ0n) is 13.3. The van der Waals surface area contributed by atoms with E-state index in [9.17, 15) is 5.11 Å². The van der Waals surface area contributed by atoms with E-state index >= 15 is 0 Å². The lowest BCUT2D eigenvalue weighted by Crippen LogP contribution is -2.27. The van der Waals surface area contributed by atoms with Gasteiger partial charge in [0.15, 0.2) is 0 Å². The molecule has 0 saturated heterocycles. The average Bonchev–Trinajstić information content (AvgIpc) is 2.65. The molecule has 0 bridgehead atoms. The van der Waals surface area contributed by atoms with Crippen LogP contribution in [0.3, 0.4) is 0 Å². The van der Waals surface area contributed by atoms with Crippen LogP contribution in [0, 0.1) is 0 Å². The number of halogens is 1. The number of aliphatic hydroxyl groups is 1. The quantitative estimate of drug-likeness (QED) is 0.670. The van der Waals surface area contributed by atoms with E-state index in [-0.39, 0.29) is 6.04 Å². The van der Waals surface area contributed by atoms with Gasteiger partial charge in [0.1, 0.15) is 0 Å². The zero-order valence-corrected chi connectivity index (χ0v) is 14.0. The molecule has 3 aromatic rings. The van der Waals surface area contributed by atoms with Crippen LogP contribution in [0.5, 0.6) is 0 Å². The fourth-order valence-electron chi connectivity index (χ4n) is 2.78. The summed E-state index contributed by atoms with van der Waals surface area (Å²) in [7, 11) is 0. The second kappa shape index (κ2) is 8.11. The van der Waals surface area contributed by atoms with Gasteiger partial charge in [0.25, 0.3) is 0 Å². The number of nitrogens with one attached hydrogen (secondary N) is 1. The number of aliphatic hydroxyl groups excluding tert-OH is 1. The maximum atomic E-state index is 10.9. The minimum Gasteiger partial charge on any atom is -0.386 e. The van der Waals surface area contributed by atoms with Gasteiger partial charge in [-0.05, 0) is 22.8 Å². The summed E-state index contributed by atoms with van der Waals surface area (Å²) in [5.41, 5.74) is 2.94. The Balaban J connectivity index is 1.84. The first-order chi connectivity index (χ1) is 11.8. The molecule has 0 aromatic heterocycles. The van der Waals surface area contributed by atoms with E-state index in [1.54, 1.807) is 0 Å². The van der Waals surface area contributed by atoms with E-state index in [4.69, 9.17) is 11.6 Å². The maximum absolute atomic E-state index is 10.9. The third-order valence-corrected chi connectivity index (χ3v) is 4.45. The van der Waals surface area contributed by atoms with Gasteiger partial charge >= 0.3 is 0 Å². The Hall–Kier alpha value is -2.13. The van der Waals surface area contributed by atoms with Gasteiger partial charge in [-0.2, -0.15) is 0 Å². The summed E-state index contributed by atoms with van der Waals surface area (Å²) in [6.45, 7) is 0.586. The molecule has 0 saturated carbocycles. The highest BCUT2D eigenvalue weighted by Crippen LogP contribution is 2.29. The van der Waals surface area contributed by atoms with Gasteiger partial charge in [-0.15, -0.1) is 0 Å². The van der Waals surface area contributed by atoms with Crippen molar-refractivity contribution in [2.45, 2.75) is 18.7 Å². The first-order valence-electron chi connectivity index (χ1n) is 8.00. The molecule has 0 aliphatic heterocycles. The summed E-state index contributed by atoms with van der Waals surface area (Å²) in [5, 5.41) is 15.1. The van der Waals surface area contributed by atoms with E-state index < -0.39 is 6.10 Å². The van der Waals surface area contributed by atoms with Gasteiger partial charge < -0.3 is 10.4 Å². The first-order valence-corrected chi connectivity index (χ1v) is 8.38. The standard InChI is InChI=1S/C21H20ClNO/c22-19-14-8-7-13-18(19)15-23-20(16-9-3-1-4-10-16)21(24)17-11-5-2-6-12-17/h1-14,20-21,23-24H,15H2/t20-,21-/m1/s1. The molecular weight excluding hydrogens is 318 g/mol. The van der Waals surface area contributed by atoms with Gasteiger partial charge in [-0.3, -0.25) is 0 Å². The number of hydrogen-bond acceptors (Lipinski definition) is 2. The second-order valence-corrected chi connectivity index (χ2v) is 6.12. The largest absolute Gasteiger partial charge is 0.386 e. The molecule has 0 spiro atoms. The normalized spacial score (nSPS) is 13.4. The molecule has 3 rings (SSSR count). The molecule has 0 heterocycles. The molecule has 0 radical (unpaired) electrons. The Morgan fingerprint density at radius 3 is 1.92 bits per heavy atom. The molecule has 2 nitrogen and oxygen atoms in total. The fourth-order valence-corrected chi connectivity index (χ4v) is 2.98. The minimum atomic E-state index is -0.643. The van der Waals surface area contributed by atoms with E-state index in [0.717, 1.165) is 21.7 Å². The third-order valence-electron chi connectivity index (χ3n) is 4.09. The van der Waals surface area contributed by atoms with Gasteiger partial charge in [0, 0.05) is 11.6 Å². The monoisotopic (exact) mass is 337 g/mol. The molecule has 0 aliphatic carbocycles. The maximum Gasteiger partial charge on any atom is 0.0984 e. The number of rotatable bonds is 6. The highest BCUT2D eigenvalue weighted by molar-refractivity contribution is 6.31. The summed E-state index contributed by atoms with van der Waals surface area (Å²) in [4.78, 5) is 0. The van der Waals surface area contributed by atoms with Crippen LogP contribution in [0.25, 0.3) is 0 Å². The SMILES string of the molecule is O[C@H](c1ccccc1)[C@H](NCc1ccccc1Cl)c1ccccc1. The van der Waals surface area contributed by atoms with Crippen molar-refractivity contribution in [3.05, 3.63) is 107 Å². The van der Waals surface area contributed by atoms with Crippen molar-refractivity contribution < 1.29 is 5.11 Å². The molecule has 3 aromatic carbocycles. The molecule has 0 amide bonds. The number of benzene rings is 3. The predicted octanol–water partition coefficient (Wildman–Crippen LogP) is 4.90. The summed E-state index contributed by atoms with van der Waals surface area (Å²) in [6, 6.07) is 27.2. The Labute approximate surface area is 147 Å². The molecule has 122 valence electrons. The van der Waals surface area contributed by atoms with E-state index in [2.05, 4.69) is 5.32 Å². The minimum absolute atomic E-state index is 0.218. The third kappa shape index (κ3) is 4.04. The lowest BCUT2D eigenvalue weighted by atomic mass is 9.95. The Bertz CT molecular complexity index is 761. The van der Waals surface area contributed by atoms with Crippen molar-refractivity contribution in [3.63, 3.8) is 0 Å². The Morgan fingerprint density at radius 2 is 1.29 bits per heavy atom. The zero-order chi connectivity index (χ0) is 16.8. The molecule has 24 heavy (non-hydrogen) atoms. The van der Waals surface area contributed by atoms with Crippen molar-refractivity contribution >= 4 is 11.6 Å². The Kier molecular flexibility index (Phi) is 5.65. The van der Waals surface area contributed by atoms with Gasteiger partial charge in [-0.25, -0.2) is 0 Å². The summed E-state index contributed by atoms with van der Waals surface area (Å²) in [5.74, 6) is 0. The summed E-state index contributed by atoms with van der Waals surface area (Å²) >= 11 is 6.25. The second-order valence-electron chi connectivity index (χ2n) is 5.72. The van der Waals surface area contributed by atoms with Crippen LogP contribution in [0.15, 0.2) is 84.9 Å². The molecule has 2 N–H and O–H groups in total. The lowest BCUT2D eigenvalue weighted by molar-refractivity contribution is 0.127. The average molecular weight is 338 g/mol. The van der Waals surface area contributed by atoms with Crippen LogP contribution in [0.4, 0.5) is 0 Å². The van der Waals surface area contributed by atoms with Crippen molar-refractivity contribution in [3.8, 4) is 0 Å². The van der Waals surface area contributed by atoms with Crippen LogP contribution in [0.1, 0.15) is 28.8 Å². The van der Waals surface area contributed by atoms with Gasteiger partial charge in [-0.1, -0.05) is 90.5 Å². The summed E-state index contributed by atoms with van der Waals surface area (Å²) < 4.78 is 0. The van der Waals surface area contributed by atoms with Crippen molar-refractivity contribution in [2.24, 2.45) is 0 Å². The van der Waals surface area contributed by atoms with Crippen LogP contribution >= 0.6 is 11.6 Å². The molecule has 3 heteroatoms. The van der Waals surface area contributed by atoms with Crippen molar-refractivity contribution in [1.29, 1.82) is 0 Å². The fraction of sp³-hybridized carbons (Fsp3) is 0.143. The van der Waals surface area contributed by atoms with E-state index in [1.165, 1.54) is 0 Å². The molecule has 0 unspecified atom stereocenters. The van der Waals surface area contributed by atoms with E-state index in [1.807, 2.05) is 84.9 Å². The van der Waals surface area contributed by atoms with E-state index in [0.29, 0.717) is 6.54 Å². The molecule has 2 atom stereocenters. The highest BCUT2D eigenvalue weighted by Gasteiger charge is 2.22. The number of hydrogen-bond donors (Lipinski definition) is 2. The van der Waals surface area contributed by atoms with Crippen molar-refractivity contribution in [1.82, 2.24) is 5.32 Å². The molecular formula is C21H20ClNO. The molecule has 0 aliphatic rings.